The zero-order chi connectivity index (χ0) is 41.9. The van der Waals surface area contributed by atoms with Crippen LogP contribution in [0.4, 0.5) is 45.5 Å². The Morgan fingerprint density at radius 1 is 0.655 bits per heavy atom. The first-order valence-corrected chi connectivity index (χ1v) is 19.9. The fraction of sp³-hybridized carbons (Fsp3) is 0.103. The summed E-state index contributed by atoms with van der Waals surface area (Å²) in [5.74, 6) is -0.848. The lowest BCUT2D eigenvalue weighted by Gasteiger charge is -2.12. The van der Waals surface area contributed by atoms with Crippen LogP contribution >= 0.6 is 0 Å². The number of methoxy groups -OCH3 is 1. The van der Waals surface area contributed by atoms with Crippen molar-refractivity contribution in [2.45, 2.75) is 30.6 Å². The summed E-state index contributed by atoms with van der Waals surface area (Å²) in [5, 5.41) is 39.7. The third kappa shape index (κ3) is 9.19. The third-order valence-corrected chi connectivity index (χ3v) is 10.4. The van der Waals surface area contributed by atoms with E-state index in [1.165, 1.54) is 49.6 Å². The first-order chi connectivity index (χ1) is 27.4. The molecule has 58 heavy (non-hydrogen) atoms. The Labute approximate surface area is 332 Å². The van der Waals surface area contributed by atoms with Gasteiger partial charge in [-0.05, 0) is 134 Å². The van der Waals surface area contributed by atoms with Gasteiger partial charge >= 0.3 is 0 Å². The maximum atomic E-state index is 12.7. The number of aryl methyl sites for hydroxylation is 3. The molecule has 0 spiro atoms. The first-order valence-electron chi connectivity index (χ1n) is 17.0. The molecule has 0 bridgehead atoms. The molecule has 0 aliphatic carbocycles. The van der Waals surface area contributed by atoms with Crippen molar-refractivity contribution in [1.82, 2.24) is 0 Å². The Hall–Kier alpha value is -6.93. The van der Waals surface area contributed by atoms with E-state index in [-0.39, 0.29) is 32.8 Å². The maximum Gasteiger partial charge on any atom is 0.296 e. The summed E-state index contributed by atoms with van der Waals surface area (Å²) >= 11 is 0. The van der Waals surface area contributed by atoms with Crippen LogP contribution in [0.3, 0.4) is 0 Å². The van der Waals surface area contributed by atoms with Crippen LogP contribution in [-0.4, -0.2) is 44.1 Å². The quantitative estimate of drug-likeness (QED) is 0.0468. The van der Waals surface area contributed by atoms with Crippen molar-refractivity contribution in [3.8, 4) is 11.5 Å². The lowest BCUT2D eigenvalue weighted by Crippen LogP contribution is -2.11. The zero-order valence-corrected chi connectivity index (χ0v) is 32.7. The van der Waals surface area contributed by atoms with Crippen molar-refractivity contribution < 1.29 is 40.6 Å². The number of nitrogens with one attached hydrogen (secondary N) is 1. The average molecular weight is 823 g/mol. The molecule has 19 heteroatoms. The zero-order valence-electron chi connectivity index (χ0n) is 31.1. The average Bonchev–Trinajstić information content (AvgIpc) is 3.17. The Morgan fingerprint density at radius 3 is 1.78 bits per heavy atom. The van der Waals surface area contributed by atoms with E-state index in [0.29, 0.717) is 39.6 Å². The first kappa shape index (κ1) is 40.7. The number of nitrogens with zero attached hydrogens (tertiary/aromatic N) is 6. The number of azo groups is 3. The minimum absolute atomic E-state index is 0.148. The van der Waals surface area contributed by atoms with Crippen LogP contribution in [-0.2, 0) is 20.2 Å². The van der Waals surface area contributed by atoms with Gasteiger partial charge in [0, 0.05) is 28.4 Å². The highest BCUT2D eigenvalue weighted by atomic mass is 32.2. The number of phenolic OH excluding ortho intramolecular Hbond substituents is 1. The molecule has 6 aromatic rings. The molecular formula is C39H34N8O9S2. The molecule has 0 aliphatic rings. The van der Waals surface area contributed by atoms with Gasteiger partial charge in [0.15, 0.2) is 5.75 Å². The van der Waals surface area contributed by atoms with Crippen LogP contribution < -0.4 is 15.8 Å². The minimum Gasteiger partial charge on any atom is -0.505 e. The highest BCUT2D eigenvalue weighted by molar-refractivity contribution is 7.86. The summed E-state index contributed by atoms with van der Waals surface area (Å²) < 4.78 is 72.4. The number of rotatable bonds is 11. The predicted octanol–water partition coefficient (Wildman–Crippen LogP) is 10.1. The molecule has 0 fully saturated rings. The maximum absolute atomic E-state index is 12.7. The number of amides is 1. The molecule has 0 radical (unpaired) electrons. The molecule has 17 nitrogen and oxygen atoms in total. The molecule has 0 saturated carbocycles. The van der Waals surface area contributed by atoms with Gasteiger partial charge in [0.2, 0.25) is 0 Å². The molecule has 0 aliphatic heterocycles. The number of carbonyl (C=O) groups excluding carboxylic acids is 1. The summed E-state index contributed by atoms with van der Waals surface area (Å²) in [6.45, 7) is 5.36. The number of carbonyl (C=O) groups is 1. The smallest absolute Gasteiger partial charge is 0.296 e. The number of nitrogens with two attached hydrogens (primary N) is 1. The Bertz CT molecular complexity index is 2920. The van der Waals surface area contributed by atoms with Gasteiger partial charge in [-0.2, -0.15) is 37.3 Å². The molecule has 296 valence electrons. The second-order valence-corrected chi connectivity index (χ2v) is 15.7. The summed E-state index contributed by atoms with van der Waals surface area (Å²) in [7, 11) is -7.88. The van der Waals surface area contributed by atoms with Crippen molar-refractivity contribution in [1.29, 1.82) is 0 Å². The highest BCUT2D eigenvalue weighted by Gasteiger charge is 2.23. The van der Waals surface area contributed by atoms with Gasteiger partial charge in [-0.15, -0.1) is 10.2 Å². The Kier molecular flexibility index (Phi) is 11.4. The van der Waals surface area contributed by atoms with Crippen molar-refractivity contribution in [3.63, 3.8) is 0 Å². The molecule has 1 amide bonds. The summed E-state index contributed by atoms with van der Waals surface area (Å²) in [6.07, 6.45) is 0. The topological polar surface area (TPSA) is 267 Å². The van der Waals surface area contributed by atoms with E-state index in [0.717, 1.165) is 17.2 Å². The van der Waals surface area contributed by atoms with Crippen molar-refractivity contribution in [3.05, 3.63) is 119 Å². The SMILES string of the molecule is COc1cc(N=Nc2cc(C)c(N=Nc3ccc(S(=O)(=O)O)cc3)cc2C)c(C)cc1N=Nc1c(S(=O)(=O)O)cc2cc(NC(=O)c3ccc(N)cc3)ccc2c1O. The van der Waals surface area contributed by atoms with Gasteiger partial charge in [-0.25, -0.2) is 0 Å². The molecule has 0 heterocycles. The lowest BCUT2D eigenvalue weighted by molar-refractivity contribution is 0.102. The Balaban J connectivity index is 1.25. The number of hydrogen-bond acceptors (Lipinski definition) is 14. The number of benzene rings is 6. The second-order valence-electron chi connectivity index (χ2n) is 12.9. The van der Waals surface area contributed by atoms with E-state index >= 15 is 0 Å². The molecule has 0 atom stereocenters. The highest BCUT2D eigenvalue weighted by Crippen LogP contribution is 2.44. The van der Waals surface area contributed by atoms with Gasteiger partial charge in [-0.1, -0.05) is 0 Å². The molecule has 0 unspecified atom stereocenters. The number of aromatic hydroxyl groups is 1. The van der Waals surface area contributed by atoms with E-state index < -0.39 is 42.5 Å². The molecule has 6 rings (SSSR count). The largest absolute Gasteiger partial charge is 0.505 e. The van der Waals surface area contributed by atoms with Gasteiger partial charge in [0.25, 0.3) is 26.1 Å². The third-order valence-electron chi connectivity index (χ3n) is 8.70. The lowest BCUT2D eigenvalue weighted by atomic mass is 10.1. The van der Waals surface area contributed by atoms with E-state index in [2.05, 4.69) is 36.0 Å². The fourth-order valence-corrected chi connectivity index (χ4v) is 6.72. The van der Waals surface area contributed by atoms with Gasteiger partial charge in [0.05, 0.1) is 34.8 Å². The van der Waals surface area contributed by atoms with Gasteiger partial charge in [0.1, 0.15) is 22.0 Å². The number of phenols is 1. The molecule has 6 N–H and O–H groups in total. The standard InChI is InChI=1S/C39H34N8O9S2/c1-21-16-32(22(2)15-31(21)43-42-27-9-12-29(13-10-27)57(50,51)52)44-45-33-20-35(56-4)34(17-23(33)3)46-47-37-36(58(53,54)55)19-25-18-28(11-14-30(25)38(37)48)41-39(49)24-5-7-26(40)8-6-24/h5-20,48H,40H2,1-4H3,(H,41,49)(H,50,51,52)(H,53,54,55). The van der Waals surface area contributed by atoms with E-state index in [4.69, 9.17) is 10.5 Å². The van der Waals surface area contributed by atoms with Gasteiger partial charge in [-0.3, -0.25) is 13.9 Å². The van der Waals surface area contributed by atoms with Crippen molar-refractivity contribution >= 4 is 82.4 Å². The summed E-state index contributed by atoms with van der Waals surface area (Å²) in [5.41, 5.74) is 10.3. The van der Waals surface area contributed by atoms with Crippen molar-refractivity contribution in [2.75, 3.05) is 18.2 Å². The number of nitrogen functional groups attached to an aromatic ring is 1. The van der Waals surface area contributed by atoms with Crippen LogP contribution in [0.15, 0.2) is 138 Å². The number of ether oxygens (including phenoxy) is 1. The predicted molar refractivity (Wildman–Crippen MR) is 217 cm³/mol. The monoisotopic (exact) mass is 822 g/mol. The second kappa shape index (κ2) is 16.3. The van der Waals surface area contributed by atoms with E-state index in [1.54, 1.807) is 55.5 Å². The number of anilines is 2. The van der Waals surface area contributed by atoms with Crippen molar-refractivity contribution in [2.24, 2.45) is 30.7 Å². The summed E-state index contributed by atoms with van der Waals surface area (Å²) in [6, 6.07) is 23.7. The molecule has 0 saturated heterocycles. The van der Waals surface area contributed by atoms with Crippen LogP contribution in [0, 0.1) is 20.8 Å². The summed E-state index contributed by atoms with van der Waals surface area (Å²) in [4.78, 5) is 11.8. The van der Waals surface area contributed by atoms with E-state index in [1.807, 2.05) is 13.8 Å². The van der Waals surface area contributed by atoms with Gasteiger partial charge < -0.3 is 20.9 Å². The van der Waals surface area contributed by atoms with Crippen LogP contribution in [0.2, 0.25) is 0 Å². The number of hydrogen-bond donors (Lipinski definition) is 5. The van der Waals surface area contributed by atoms with Crippen LogP contribution in [0.1, 0.15) is 27.0 Å². The minimum atomic E-state index is -4.94. The Morgan fingerprint density at radius 2 is 1.21 bits per heavy atom. The number of fused-ring (bicyclic) bond motifs is 1. The normalized spacial score (nSPS) is 12.2. The van der Waals surface area contributed by atoms with Crippen LogP contribution in [0.5, 0.6) is 11.5 Å². The van der Waals surface area contributed by atoms with Crippen LogP contribution in [0.25, 0.3) is 10.8 Å². The molecule has 6 aromatic carbocycles. The molecular weight excluding hydrogens is 789 g/mol. The fourth-order valence-electron chi connectivity index (χ4n) is 5.58. The molecule has 0 aromatic heterocycles. The van der Waals surface area contributed by atoms with E-state index in [9.17, 15) is 35.8 Å².